The highest BCUT2D eigenvalue weighted by atomic mass is 16.8. The second kappa shape index (κ2) is 3.17. The number of nitrogens with zero attached hydrogens (tertiary/aromatic N) is 1. The van der Waals surface area contributed by atoms with Crippen molar-refractivity contribution in [3.05, 3.63) is 33.9 Å². The van der Waals surface area contributed by atoms with Crippen LogP contribution in [0.4, 0.5) is 0 Å². The van der Waals surface area contributed by atoms with Crippen LogP contribution >= 0.6 is 0 Å². The summed E-state index contributed by atoms with van der Waals surface area (Å²) in [6.45, 7) is 2.00. The minimum absolute atomic E-state index is 0.434. The molecule has 1 aromatic rings. The first-order valence-corrected chi connectivity index (χ1v) is 4.30. The van der Waals surface area contributed by atoms with Crippen LogP contribution in [0.1, 0.15) is 12.5 Å². The fraction of sp³-hybridized carbons (Fsp3) is 0.333. The molecule has 0 radical (unpaired) electrons. The molecule has 0 aromatic heterocycles. The zero-order valence-corrected chi connectivity index (χ0v) is 7.60. The molecule has 0 saturated heterocycles. The van der Waals surface area contributed by atoms with E-state index < -0.39 is 11.3 Å². The van der Waals surface area contributed by atoms with Crippen LogP contribution in [-0.4, -0.2) is 11.3 Å². The second-order valence-electron chi connectivity index (χ2n) is 2.96. The maximum absolute atomic E-state index is 10.4. The van der Waals surface area contributed by atoms with Gasteiger partial charge in [0.05, 0.1) is 0 Å². The van der Waals surface area contributed by atoms with Gasteiger partial charge in [0.2, 0.25) is 0 Å². The van der Waals surface area contributed by atoms with Crippen molar-refractivity contribution in [2.75, 3.05) is 0 Å². The van der Waals surface area contributed by atoms with E-state index in [1.54, 1.807) is 12.1 Å². The van der Waals surface area contributed by atoms with E-state index in [0.717, 1.165) is 12.0 Å². The van der Waals surface area contributed by atoms with Crippen LogP contribution in [0.15, 0.2) is 18.2 Å². The van der Waals surface area contributed by atoms with Gasteiger partial charge in [-0.2, -0.15) is 0 Å². The Morgan fingerprint density at radius 1 is 1.43 bits per heavy atom. The highest BCUT2D eigenvalue weighted by molar-refractivity contribution is 5.44. The summed E-state index contributed by atoms with van der Waals surface area (Å²) in [5.74, 6) is 0.884. The molecule has 0 aliphatic carbocycles. The first-order valence-electron chi connectivity index (χ1n) is 4.30. The highest BCUT2D eigenvalue weighted by Crippen LogP contribution is 2.35. The average Bonchev–Trinajstić information content (AvgIpc) is 2.59. The minimum Gasteiger partial charge on any atom is -0.394 e. The van der Waals surface area contributed by atoms with E-state index in [4.69, 9.17) is 9.47 Å². The molecule has 0 amide bonds. The Morgan fingerprint density at radius 3 is 2.79 bits per heavy atom. The zero-order valence-electron chi connectivity index (χ0n) is 7.60. The molecule has 2 rings (SSSR count). The van der Waals surface area contributed by atoms with Gasteiger partial charge < -0.3 is 9.47 Å². The molecule has 14 heavy (non-hydrogen) atoms. The first-order chi connectivity index (χ1) is 6.70. The summed E-state index contributed by atoms with van der Waals surface area (Å²) in [6.07, 6.45) is -0.531. The van der Waals surface area contributed by atoms with Crippen LogP contribution in [0.25, 0.3) is 0 Å². The van der Waals surface area contributed by atoms with Gasteiger partial charge in [-0.3, -0.25) is 10.1 Å². The van der Waals surface area contributed by atoms with E-state index in [9.17, 15) is 10.1 Å². The molecule has 1 aliphatic rings. The smallest absolute Gasteiger partial charge is 0.394 e. The Kier molecular flexibility index (Phi) is 1.99. The topological polar surface area (TPSA) is 61.6 Å². The molecule has 1 heterocycles. The lowest BCUT2D eigenvalue weighted by atomic mass is 10.1. The summed E-state index contributed by atoms with van der Waals surface area (Å²) in [6, 6.07) is 5.32. The van der Waals surface area contributed by atoms with Crippen LogP contribution in [0.5, 0.6) is 11.5 Å². The predicted molar refractivity (Wildman–Crippen MR) is 47.9 cm³/mol. The normalized spacial score (nSPS) is 18.2. The van der Waals surface area contributed by atoms with Crippen LogP contribution < -0.4 is 9.47 Å². The molecule has 0 fully saturated rings. The second-order valence-corrected chi connectivity index (χ2v) is 2.96. The van der Waals surface area contributed by atoms with E-state index in [-0.39, 0.29) is 0 Å². The highest BCUT2D eigenvalue weighted by Gasteiger charge is 2.33. The molecule has 0 bridgehead atoms. The van der Waals surface area contributed by atoms with Gasteiger partial charge in [0.25, 0.3) is 0 Å². The quantitative estimate of drug-likeness (QED) is 0.531. The largest absolute Gasteiger partial charge is 0.517 e. The third kappa shape index (κ3) is 1.37. The summed E-state index contributed by atoms with van der Waals surface area (Å²) in [5.41, 5.74) is 1.07. The van der Waals surface area contributed by atoms with Crippen molar-refractivity contribution in [2.45, 2.75) is 19.8 Å². The lowest BCUT2D eigenvalue weighted by molar-refractivity contribution is -0.600. The molecule has 5 heteroatoms. The van der Waals surface area contributed by atoms with Gasteiger partial charge in [-0.15, -0.1) is 0 Å². The summed E-state index contributed by atoms with van der Waals surface area (Å²) in [5, 5.41) is 10.4. The van der Waals surface area contributed by atoms with Crippen molar-refractivity contribution in [2.24, 2.45) is 0 Å². The number of hydrogen-bond donors (Lipinski definition) is 0. The van der Waals surface area contributed by atoms with Crippen LogP contribution in [0.3, 0.4) is 0 Å². The van der Waals surface area contributed by atoms with Crippen molar-refractivity contribution >= 4 is 0 Å². The molecule has 0 N–H and O–H groups in total. The van der Waals surface area contributed by atoms with Crippen molar-refractivity contribution in [3.63, 3.8) is 0 Å². The maximum Gasteiger partial charge on any atom is 0.517 e. The number of aryl methyl sites for hydroxylation is 1. The number of nitro groups is 1. The number of benzene rings is 1. The lowest BCUT2D eigenvalue weighted by Gasteiger charge is -1.98. The van der Waals surface area contributed by atoms with Gasteiger partial charge in [-0.1, -0.05) is 13.0 Å². The summed E-state index contributed by atoms with van der Waals surface area (Å²) in [7, 11) is 0. The van der Waals surface area contributed by atoms with Gasteiger partial charge in [0.1, 0.15) is 4.92 Å². The molecular weight excluding hydrogens is 186 g/mol. The minimum atomic E-state index is -1.39. The van der Waals surface area contributed by atoms with Crippen molar-refractivity contribution in [3.8, 4) is 11.5 Å². The summed E-state index contributed by atoms with van der Waals surface area (Å²) < 4.78 is 9.94. The Labute approximate surface area is 80.4 Å². The van der Waals surface area contributed by atoms with E-state index in [1.807, 2.05) is 13.0 Å². The fourth-order valence-corrected chi connectivity index (χ4v) is 1.29. The number of fused-ring (bicyclic) bond motifs is 1. The molecule has 74 valence electrons. The molecule has 0 saturated carbocycles. The molecule has 5 nitrogen and oxygen atoms in total. The van der Waals surface area contributed by atoms with E-state index in [1.165, 1.54) is 0 Å². The van der Waals surface area contributed by atoms with Crippen LogP contribution in [-0.2, 0) is 6.42 Å². The number of rotatable bonds is 2. The van der Waals surface area contributed by atoms with Gasteiger partial charge >= 0.3 is 6.41 Å². The van der Waals surface area contributed by atoms with Crippen molar-refractivity contribution < 1.29 is 14.4 Å². The standard InChI is InChI=1S/C9H9NO4/c1-2-6-3-4-7-8(5-6)14-9(13-7)10(11)12/h3-5,9H,2H2,1H3. The van der Waals surface area contributed by atoms with E-state index in [0.29, 0.717) is 11.5 Å². The maximum atomic E-state index is 10.4. The molecule has 0 spiro atoms. The van der Waals surface area contributed by atoms with E-state index in [2.05, 4.69) is 0 Å². The average molecular weight is 195 g/mol. The van der Waals surface area contributed by atoms with Gasteiger partial charge in [-0.05, 0) is 24.1 Å². The number of ether oxygens (including phenoxy) is 2. The summed E-state index contributed by atoms with van der Waals surface area (Å²) in [4.78, 5) is 9.77. The Balaban J connectivity index is 2.27. The van der Waals surface area contributed by atoms with E-state index >= 15 is 0 Å². The van der Waals surface area contributed by atoms with Crippen molar-refractivity contribution in [1.29, 1.82) is 0 Å². The first kappa shape index (κ1) is 8.80. The predicted octanol–water partition coefficient (Wildman–Crippen LogP) is 1.58. The monoisotopic (exact) mass is 195 g/mol. The Morgan fingerprint density at radius 2 is 2.14 bits per heavy atom. The van der Waals surface area contributed by atoms with Gasteiger partial charge in [0, 0.05) is 0 Å². The molecule has 1 aliphatic heterocycles. The summed E-state index contributed by atoms with van der Waals surface area (Å²) >= 11 is 0. The van der Waals surface area contributed by atoms with Crippen LogP contribution in [0, 0.1) is 10.1 Å². The van der Waals surface area contributed by atoms with Crippen molar-refractivity contribution in [1.82, 2.24) is 0 Å². The van der Waals surface area contributed by atoms with Gasteiger partial charge in [-0.25, -0.2) is 0 Å². The third-order valence-corrected chi connectivity index (χ3v) is 2.04. The zero-order chi connectivity index (χ0) is 10.1. The molecule has 1 aromatic carbocycles. The molecule has 1 atom stereocenters. The van der Waals surface area contributed by atoms with Crippen LogP contribution in [0.2, 0.25) is 0 Å². The molecule has 1 unspecified atom stereocenters. The van der Waals surface area contributed by atoms with Gasteiger partial charge in [0.15, 0.2) is 11.5 Å². The molecular formula is C9H9NO4. The SMILES string of the molecule is CCc1ccc2c(c1)OC([N+](=O)[O-])O2. The lowest BCUT2D eigenvalue weighted by Crippen LogP contribution is -2.27. The number of hydrogen-bond acceptors (Lipinski definition) is 4. The Bertz CT molecular complexity index is 377. The fourth-order valence-electron chi connectivity index (χ4n) is 1.29. The Hall–Kier alpha value is -1.78. The third-order valence-electron chi connectivity index (χ3n) is 2.04.